The van der Waals surface area contributed by atoms with Crippen molar-refractivity contribution in [1.29, 1.82) is 0 Å². The van der Waals surface area contributed by atoms with E-state index < -0.39 is 17.0 Å². The van der Waals surface area contributed by atoms with Gasteiger partial charge in [-0.05, 0) is 35.4 Å². The molecule has 9 heteroatoms. The molecule has 0 bridgehead atoms. The van der Waals surface area contributed by atoms with Crippen LogP contribution in [-0.4, -0.2) is 41.6 Å². The first-order chi connectivity index (χ1) is 17.4. The number of amides is 2. The van der Waals surface area contributed by atoms with Gasteiger partial charge in [-0.1, -0.05) is 88.8 Å². The maximum Gasteiger partial charge on any atom is 0.410 e. The SMILES string of the molecule is O=C(NC(=S)C12CONC1(c1cccc(Br)c1)CN(C(=O)OCc1ccccc1)C2)c1ccccc1. The third kappa shape index (κ3) is 4.43. The summed E-state index contributed by atoms with van der Waals surface area (Å²) in [5, 5.41) is 2.91. The van der Waals surface area contributed by atoms with Crippen molar-refractivity contribution < 1.29 is 19.2 Å². The minimum absolute atomic E-state index is 0.159. The fraction of sp³-hybridized carbons (Fsp3) is 0.222. The Morgan fingerprint density at radius 1 is 1.03 bits per heavy atom. The molecular formula is C27H24BrN3O4S. The van der Waals surface area contributed by atoms with Crippen LogP contribution in [-0.2, 0) is 21.7 Å². The van der Waals surface area contributed by atoms with Gasteiger partial charge >= 0.3 is 6.09 Å². The van der Waals surface area contributed by atoms with Crippen molar-refractivity contribution in [2.75, 3.05) is 19.7 Å². The number of likely N-dealkylation sites (tertiary alicyclic amines) is 1. The normalized spacial score (nSPS) is 22.6. The van der Waals surface area contributed by atoms with E-state index in [-0.39, 0.29) is 32.2 Å². The second kappa shape index (κ2) is 10.1. The molecule has 0 aromatic heterocycles. The maximum absolute atomic E-state index is 13.2. The lowest BCUT2D eigenvalue weighted by molar-refractivity contribution is 0.0420. The van der Waals surface area contributed by atoms with Crippen LogP contribution in [0, 0.1) is 5.41 Å². The Morgan fingerprint density at radius 3 is 2.47 bits per heavy atom. The smallest absolute Gasteiger partial charge is 0.410 e. The number of carbonyl (C=O) groups is 2. The number of hydrogen-bond donors (Lipinski definition) is 2. The van der Waals surface area contributed by atoms with Crippen LogP contribution in [0.4, 0.5) is 4.79 Å². The van der Waals surface area contributed by atoms with Crippen molar-refractivity contribution in [1.82, 2.24) is 15.7 Å². The van der Waals surface area contributed by atoms with Crippen molar-refractivity contribution in [2.24, 2.45) is 5.41 Å². The number of fused-ring (bicyclic) bond motifs is 1. The highest BCUT2D eigenvalue weighted by molar-refractivity contribution is 9.10. The van der Waals surface area contributed by atoms with Gasteiger partial charge in [-0.2, -0.15) is 5.48 Å². The van der Waals surface area contributed by atoms with Crippen LogP contribution < -0.4 is 10.8 Å². The Hall–Kier alpha value is -3.11. The number of thiocarbonyl (C=S) groups is 1. The molecule has 2 fully saturated rings. The van der Waals surface area contributed by atoms with Gasteiger partial charge in [0.05, 0.1) is 17.0 Å². The molecule has 2 saturated heterocycles. The molecule has 0 spiro atoms. The maximum atomic E-state index is 13.2. The largest absolute Gasteiger partial charge is 0.445 e. The molecule has 7 nitrogen and oxygen atoms in total. The van der Waals surface area contributed by atoms with E-state index in [4.69, 9.17) is 21.8 Å². The van der Waals surface area contributed by atoms with E-state index in [0.29, 0.717) is 10.6 Å². The molecule has 3 aromatic carbocycles. The average Bonchev–Trinajstić information content (AvgIpc) is 3.43. The summed E-state index contributed by atoms with van der Waals surface area (Å²) in [7, 11) is 0. The van der Waals surface area contributed by atoms with Gasteiger partial charge in [-0.15, -0.1) is 0 Å². The molecule has 2 aliphatic rings. The summed E-state index contributed by atoms with van der Waals surface area (Å²) >= 11 is 9.41. The average molecular weight is 566 g/mol. The van der Waals surface area contributed by atoms with Gasteiger partial charge in [0.1, 0.15) is 12.1 Å². The van der Waals surface area contributed by atoms with Gasteiger partial charge in [0, 0.05) is 23.1 Å². The highest BCUT2D eigenvalue weighted by Gasteiger charge is 2.66. The molecule has 0 aliphatic carbocycles. The molecule has 36 heavy (non-hydrogen) atoms. The van der Waals surface area contributed by atoms with Crippen LogP contribution in [0.5, 0.6) is 0 Å². The van der Waals surface area contributed by atoms with E-state index in [1.165, 1.54) is 0 Å². The summed E-state index contributed by atoms with van der Waals surface area (Å²) < 4.78 is 6.51. The molecule has 2 unspecified atom stereocenters. The third-order valence-corrected chi connectivity index (χ3v) is 7.74. The minimum Gasteiger partial charge on any atom is -0.445 e. The van der Waals surface area contributed by atoms with Crippen molar-refractivity contribution in [3.05, 3.63) is 106 Å². The first kappa shape index (κ1) is 24.6. The molecule has 2 N–H and O–H groups in total. The summed E-state index contributed by atoms with van der Waals surface area (Å²) in [6.07, 6.45) is -0.457. The monoisotopic (exact) mass is 565 g/mol. The number of ether oxygens (including phenoxy) is 1. The lowest BCUT2D eigenvalue weighted by Gasteiger charge is -2.37. The topological polar surface area (TPSA) is 79.9 Å². The van der Waals surface area contributed by atoms with E-state index in [1.807, 2.05) is 60.7 Å². The molecule has 2 heterocycles. The number of nitrogens with one attached hydrogen (secondary N) is 2. The molecule has 2 aliphatic heterocycles. The second-order valence-corrected chi connectivity index (χ2v) is 10.3. The van der Waals surface area contributed by atoms with Gasteiger partial charge < -0.3 is 15.0 Å². The predicted octanol–water partition coefficient (Wildman–Crippen LogP) is 4.58. The predicted molar refractivity (Wildman–Crippen MR) is 142 cm³/mol. The Balaban J connectivity index is 1.45. The minimum atomic E-state index is -0.903. The van der Waals surface area contributed by atoms with Gasteiger partial charge in [0.2, 0.25) is 0 Å². The highest BCUT2D eigenvalue weighted by atomic mass is 79.9. The number of hydrogen-bond acceptors (Lipinski definition) is 6. The zero-order valence-electron chi connectivity index (χ0n) is 19.3. The number of halogens is 1. The number of rotatable bonds is 5. The molecule has 3 aromatic rings. The van der Waals surface area contributed by atoms with Crippen LogP contribution >= 0.6 is 28.1 Å². The Kier molecular flexibility index (Phi) is 6.90. The lowest BCUT2D eigenvalue weighted by Crippen LogP contribution is -2.56. The summed E-state index contributed by atoms with van der Waals surface area (Å²) in [6.45, 7) is 0.800. The van der Waals surface area contributed by atoms with Crippen molar-refractivity contribution in [3.63, 3.8) is 0 Å². The quantitative estimate of drug-likeness (QED) is 0.441. The highest BCUT2D eigenvalue weighted by Crippen LogP contribution is 2.51. The third-order valence-electron chi connectivity index (χ3n) is 6.75. The molecule has 2 atom stereocenters. The summed E-state index contributed by atoms with van der Waals surface area (Å²) in [4.78, 5) is 33.9. The number of benzene rings is 3. The van der Waals surface area contributed by atoms with E-state index >= 15 is 0 Å². The van der Waals surface area contributed by atoms with Crippen LogP contribution in [0.15, 0.2) is 89.4 Å². The van der Waals surface area contributed by atoms with Crippen LogP contribution in [0.25, 0.3) is 0 Å². The van der Waals surface area contributed by atoms with E-state index in [9.17, 15) is 9.59 Å². The molecule has 5 rings (SSSR count). The zero-order valence-corrected chi connectivity index (χ0v) is 21.7. The molecule has 0 saturated carbocycles. The Bertz CT molecular complexity index is 1290. The first-order valence-corrected chi connectivity index (χ1v) is 12.7. The molecule has 2 amide bonds. The van der Waals surface area contributed by atoms with Gasteiger partial charge in [-0.3, -0.25) is 9.63 Å². The lowest BCUT2D eigenvalue weighted by atomic mass is 9.69. The standard InChI is InChI=1S/C27H24BrN3O4S/c28-22-13-7-12-21(14-22)27-17-31(25(33)34-15-19-8-3-1-4-9-19)16-26(27,18-35-30-27)24(36)29-23(32)20-10-5-2-6-11-20/h1-14,30H,15-18H2,(H,29,32,36). The van der Waals surface area contributed by atoms with Gasteiger partial charge in [0.15, 0.2) is 0 Å². The van der Waals surface area contributed by atoms with Gasteiger partial charge in [-0.25, -0.2) is 4.79 Å². The van der Waals surface area contributed by atoms with E-state index in [1.54, 1.807) is 29.2 Å². The van der Waals surface area contributed by atoms with Gasteiger partial charge in [0.25, 0.3) is 5.91 Å². The first-order valence-electron chi connectivity index (χ1n) is 11.4. The number of nitrogens with zero attached hydrogens (tertiary/aromatic N) is 1. The summed E-state index contributed by atoms with van der Waals surface area (Å²) in [5.74, 6) is -0.310. The number of carbonyl (C=O) groups excluding carboxylic acids is 2. The Labute approximate surface area is 222 Å². The summed E-state index contributed by atoms with van der Waals surface area (Å²) in [5.41, 5.74) is 3.64. The van der Waals surface area contributed by atoms with Crippen LogP contribution in [0.2, 0.25) is 0 Å². The Morgan fingerprint density at radius 2 is 1.75 bits per heavy atom. The molecular weight excluding hydrogens is 542 g/mol. The van der Waals surface area contributed by atoms with E-state index in [2.05, 4.69) is 26.7 Å². The van der Waals surface area contributed by atoms with Crippen LogP contribution in [0.3, 0.4) is 0 Å². The van der Waals surface area contributed by atoms with Crippen molar-refractivity contribution >= 4 is 45.1 Å². The molecule has 184 valence electrons. The van der Waals surface area contributed by atoms with E-state index in [0.717, 1.165) is 15.6 Å². The fourth-order valence-corrected chi connectivity index (χ4v) is 5.66. The van der Waals surface area contributed by atoms with Crippen LogP contribution in [0.1, 0.15) is 21.5 Å². The fourth-order valence-electron chi connectivity index (χ4n) is 4.87. The zero-order chi connectivity index (χ0) is 25.2. The molecule has 0 radical (unpaired) electrons. The van der Waals surface area contributed by atoms with Crippen molar-refractivity contribution in [2.45, 2.75) is 12.1 Å². The second-order valence-electron chi connectivity index (χ2n) is 8.93. The number of hydroxylamine groups is 1. The van der Waals surface area contributed by atoms with Crippen molar-refractivity contribution in [3.8, 4) is 0 Å². The summed E-state index contributed by atoms with van der Waals surface area (Å²) in [6, 6.07) is 26.2.